The predicted molar refractivity (Wildman–Crippen MR) is 94.5 cm³/mol. The molecule has 8 heteroatoms. The van der Waals surface area contributed by atoms with Gasteiger partial charge in [0.2, 0.25) is 12.4 Å². The smallest absolute Gasteiger partial charge is 0.270 e. The first kappa shape index (κ1) is 17.2. The summed E-state index contributed by atoms with van der Waals surface area (Å²) in [6, 6.07) is 8.93. The van der Waals surface area contributed by atoms with E-state index in [2.05, 4.69) is 15.3 Å². The Morgan fingerprint density at radius 3 is 2.68 bits per heavy atom. The van der Waals surface area contributed by atoms with E-state index in [4.69, 9.17) is 11.6 Å². The minimum Gasteiger partial charge on any atom is -0.347 e. The lowest BCUT2D eigenvalue weighted by atomic mass is 10.2. The lowest BCUT2D eigenvalue weighted by Crippen LogP contribution is -2.46. The van der Waals surface area contributed by atoms with Crippen molar-refractivity contribution in [3.63, 3.8) is 0 Å². The zero-order chi connectivity index (χ0) is 17.6. The number of nitrogens with one attached hydrogen (secondary N) is 1. The molecule has 2 heterocycles. The fourth-order valence-electron chi connectivity index (χ4n) is 2.56. The molecule has 1 aromatic heterocycles. The topological polar surface area (TPSA) is 78.4 Å². The van der Waals surface area contributed by atoms with E-state index in [1.165, 1.54) is 0 Å². The Hall–Kier alpha value is -2.67. The van der Waals surface area contributed by atoms with Crippen LogP contribution in [0.1, 0.15) is 16.1 Å². The lowest BCUT2D eigenvalue weighted by Gasteiger charge is -2.32. The number of hydrogen-bond donors (Lipinski definition) is 1. The largest absolute Gasteiger partial charge is 0.347 e. The molecule has 0 unspecified atom stereocenters. The molecule has 1 N–H and O–H groups in total. The van der Waals surface area contributed by atoms with Crippen LogP contribution in [0.3, 0.4) is 0 Å². The third kappa shape index (κ3) is 4.24. The van der Waals surface area contributed by atoms with Crippen molar-refractivity contribution in [1.29, 1.82) is 0 Å². The molecule has 1 aliphatic rings. The number of rotatable bonds is 5. The number of benzene rings is 1. The highest BCUT2D eigenvalue weighted by Crippen LogP contribution is 2.15. The van der Waals surface area contributed by atoms with Crippen molar-refractivity contribution in [2.75, 3.05) is 31.1 Å². The second kappa shape index (κ2) is 7.94. The Labute approximate surface area is 150 Å². The molecule has 0 spiro atoms. The Bertz CT molecular complexity index is 762. The third-order valence-corrected chi connectivity index (χ3v) is 4.39. The van der Waals surface area contributed by atoms with E-state index in [-0.39, 0.29) is 5.91 Å². The highest BCUT2D eigenvalue weighted by molar-refractivity contribution is 6.31. The first-order valence-corrected chi connectivity index (χ1v) is 8.34. The number of piperazine rings is 1. The molecule has 25 heavy (non-hydrogen) atoms. The number of carbonyl (C=O) groups is 2. The maximum atomic E-state index is 12.3. The molecule has 0 aliphatic carbocycles. The second-order valence-electron chi connectivity index (χ2n) is 5.64. The van der Waals surface area contributed by atoms with Crippen molar-refractivity contribution in [2.45, 2.75) is 6.54 Å². The Morgan fingerprint density at radius 2 is 1.96 bits per heavy atom. The molecule has 1 aliphatic heterocycles. The van der Waals surface area contributed by atoms with Gasteiger partial charge in [0.05, 0.1) is 0 Å². The summed E-state index contributed by atoms with van der Waals surface area (Å²) < 4.78 is 0. The number of carbonyl (C=O) groups excluding carboxylic acids is 2. The van der Waals surface area contributed by atoms with Crippen molar-refractivity contribution in [2.24, 2.45) is 0 Å². The summed E-state index contributed by atoms with van der Waals surface area (Å²) in [5.74, 6) is 0.214. The van der Waals surface area contributed by atoms with Gasteiger partial charge in [0.1, 0.15) is 5.69 Å². The van der Waals surface area contributed by atoms with Crippen molar-refractivity contribution < 1.29 is 9.59 Å². The molecule has 3 rings (SSSR count). The molecule has 1 aromatic carbocycles. The first-order valence-electron chi connectivity index (χ1n) is 7.96. The van der Waals surface area contributed by atoms with Crippen LogP contribution in [0.4, 0.5) is 5.95 Å². The van der Waals surface area contributed by atoms with Crippen molar-refractivity contribution in [1.82, 2.24) is 20.2 Å². The summed E-state index contributed by atoms with van der Waals surface area (Å²) in [5, 5.41) is 3.43. The molecule has 0 saturated carbocycles. The molecule has 7 nitrogen and oxygen atoms in total. The van der Waals surface area contributed by atoms with E-state index in [0.717, 1.165) is 12.0 Å². The van der Waals surface area contributed by atoms with Crippen LogP contribution >= 0.6 is 11.6 Å². The average molecular weight is 360 g/mol. The van der Waals surface area contributed by atoms with Gasteiger partial charge in [0, 0.05) is 43.9 Å². The Kier molecular flexibility index (Phi) is 5.45. The number of amides is 2. The summed E-state index contributed by atoms with van der Waals surface area (Å²) in [5.41, 5.74) is 1.15. The molecule has 2 aromatic rings. The van der Waals surface area contributed by atoms with Gasteiger partial charge in [0.15, 0.2) is 0 Å². The maximum absolute atomic E-state index is 12.3. The van der Waals surface area contributed by atoms with Gasteiger partial charge in [0.25, 0.3) is 5.91 Å². The van der Waals surface area contributed by atoms with Crippen LogP contribution in [-0.4, -0.2) is 53.4 Å². The van der Waals surface area contributed by atoms with Gasteiger partial charge in [-0.1, -0.05) is 29.8 Å². The lowest BCUT2D eigenvalue weighted by molar-refractivity contribution is -0.118. The quantitative estimate of drug-likeness (QED) is 0.815. The van der Waals surface area contributed by atoms with Gasteiger partial charge in [-0.3, -0.25) is 9.59 Å². The van der Waals surface area contributed by atoms with Crippen molar-refractivity contribution in [3.8, 4) is 0 Å². The number of anilines is 1. The van der Waals surface area contributed by atoms with E-state index in [9.17, 15) is 9.59 Å². The van der Waals surface area contributed by atoms with Crippen LogP contribution in [0.25, 0.3) is 0 Å². The number of aromatic nitrogens is 2. The van der Waals surface area contributed by atoms with Crippen molar-refractivity contribution in [3.05, 3.63) is 52.8 Å². The maximum Gasteiger partial charge on any atom is 0.270 e. The van der Waals surface area contributed by atoms with Crippen molar-refractivity contribution >= 4 is 29.9 Å². The summed E-state index contributed by atoms with van der Waals surface area (Å²) in [6.45, 7) is 2.86. The summed E-state index contributed by atoms with van der Waals surface area (Å²) in [4.78, 5) is 35.4. The van der Waals surface area contributed by atoms with Crippen LogP contribution in [0.5, 0.6) is 0 Å². The normalized spacial score (nSPS) is 14.3. The SMILES string of the molecule is O=CN1CCN(c2nccc(C(=O)NCc3ccccc3Cl)n2)CC1. The van der Waals surface area contributed by atoms with Gasteiger partial charge >= 0.3 is 0 Å². The number of hydrogen-bond acceptors (Lipinski definition) is 5. The van der Waals surface area contributed by atoms with Crippen LogP contribution in [0, 0.1) is 0 Å². The van der Waals surface area contributed by atoms with E-state index in [1.807, 2.05) is 23.1 Å². The van der Waals surface area contributed by atoms with Crippen LogP contribution in [0.15, 0.2) is 36.5 Å². The fourth-order valence-corrected chi connectivity index (χ4v) is 2.76. The van der Waals surface area contributed by atoms with Gasteiger partial charge in [-0.2, -0.15) is 0 Å². The van der Waals surface area contributed by atoms with Gasteiger partial charge in [-0.25, -0.2) is 9.97 Å². The Balaban J connectivity index is 1.64. The summed E-state index contributed by atoms with van der Waals surface area (Å²) in [7, 11) is 0. The van der Waals surface area contributed by atoms with E-state index < -0.39 is 0 Å². The molecule has 0 radical (unpaired) electrons. The van der Waals surface area contributed by atoms with Gasteiger partial charge in [-0.05, 0) is 17.7 Å². The predicted octanol–water partition coefficient (Wildman–Crippen LogP) is 1.34. The molecule has 0 bridgehead atoms. The highest BCUT2D eigenvalue weighted by Gasteiger charge is 2.19. The standard InChI is InChI=1S/C17H18ClN5O2/c18-14-4-2-1-3-13(14)11-20-16(25)15-5-6-19-17(21-15)23-9-7-22(12-24)8-10-23/h1-6,12H,7-11H2,(H,20,25). The molecular formula is C17H18ClN5O2. The Morgan fingerprint density at radius 1 is 1.20 bits per heavy atom. The van der Waals surface area contributed by atoms with E-state index in [0.29, 0.717) is 49.4 Å². The van der Waals surface area contributed by atoms with Crippen LogP contribution in [-0.2, 0) is 11.3 Å². The van der Waals surface area contributed by atoms with Gasteiger partial charge in [-0.15, -0.1) is 0 Å². The molecule has 130 valence electrons. The van der Waals surface area contributed by atoms with Crippen LogP contribution in [0.2, 0.25) is 5.02 Å². The average Bonchev–Trinajstić information content (AvgIpc) is 2.67. The van der Waals surface area contributed by atoms with Gasteiger partial charge < -0.3 is 15.1 Å². The molecule has 1 fully saturated rings. The zero-order valence-corrected chi connectivity index (χ0v) is 14.3. The van der Waals surface area contributed by atoms with E-state index in [1.54, 1.807) is 23.2 Å². The molecule has 1 saturated heterocycles. The second-order valence-corrected chi connectivity index (χ2v) is 6.05. The van der Waals surface area contributed by atoms with E-state index >= 15 is 0 Å². The third-order valence-electron chi connectivity index (χ3n) is 4.02. The monoisotopic (exact) mass is 359 g/mol. The number of halogens is 1. The molecular weight excluding hydrogens is 342 g/mol. The minimum absolute atomic E-state index is 0.282. The molecule has 0 atom stereocenters. The zero-order valence-electron chi connectivity index (χ0n) is 13.6. The minimum atomic E-state index is -0.282. The fraction of sp³-hybridized carbons (Fsp3) is 0.294. The molecule has 2 amide bonds. The highest BCUT2D eigenvalue weighted by atomic mass is 35.5. The number of nitrogens with zero attached hydrogens (tertiary/aromatic N) is 4. The summed E-state index contributed by atoms with van der Waals surface area (Å²) >= 11 is 6.09. The summed E-state index contributed by atoms with van der Waals surface area (Å²) in [6.07, 6.45) is 2.41. The first-order chi connectivity index (χ1) is 12.2. The van der Waals surface area contributed by atoms with Crippen LogP contribution < -0.4 is 10.2 Å².